The Morgan fingerprint density at radius 3 is 2.70 bits per heavy atom. The van der Waals surface area contributed by atoms with Gasteiger partial charge in [-0.2, -0.15) is 0 Å². The van der Waals surface area contributed by atoms with Crippen LogP contribution in [0.3, 0.4) is 0 Å². The normalized spacial score (nSPS) is 16.3. The van der Waals surface area contributed by atoms with Gasteiger partial charge < -0.3 is 10.2 Å². The molecule has 1 atom stereocenters. The fourth-order valence-electron chi connectivity index (χ4n) is 3.90. The summed E-state index contributed by atoms with van der Waals surface area (Å²) >= 11 is 0. The van der Waals surface area contributed by atoms with Gasteiger partial charge in [-0.15, -0.1) is 0 Å². The van der Waals surface area contributed by atoms with E-state index in [4.69, 9.17) is 4.98 Å². The number of aromatic nitrogens is 2. The van der Waals surface area contributed by atoms with E-state index in [0.717, 1.165) is 42.2 Å². The first-order valence-electron chi connectivity index (χ1n) is 10.6. The van der Waals surface area contributed by atoms with Gasteiger partial charge in [-0.3, -0.25) is 4.79 Å². The lowest BCUT2D eigenvalue weighted by Crippen LogP contribution is -2.43. The van der Waals surface area contributed by atoms with E-state index in [2.05, 4.69) is 53.3 Å². The first-order chi connectivity index (χ1) is 14.6. The third-order valence-corrected chi connectivity index (χ3v) is 5.78. The highest BCUT2D eigenvalue weighted by Gasteiger charge is 2.26. The largest absolute Gasteiger partial charge is 0.356 e. The minimum atomic E-state index is -0.0273. The van der Waals surface area contributed by atoms with E-state index < -0.39 is 0 Å². The van der Waals surface area contributed by atoms with Crippen LogP contribution in [-0.4, -0.2) is 29.0 Å². The van der Waals surface area contributed by atoms with E-state index in [1.165, 1.54) is 11.1 Å². The summed E-state index contributed by atoms with van der Waals surface area (Å²) in [6, 6.07) is 18.3. The average Bonchev–Trinajstić information content (AvgIpc) is 2.79. The first kappa shape index (κ1) is 20.1. The molecular formula is C25H28N4O. The second-order valence-electron chi connectivity index (χ2n) is 8.03. The van der Waals surface area contributed by atoms with Crippen LogP contribution < -0.4 is 10.2 Å². The molecule has 5 heteroatoms. The quantitative estimate of drug-likeness (QED) is 0.694. The molecule has 0 spiro atoms. The Labute approximate surface area is 178 Å². The van der Waals surface area contributed by atoms with Gasteiger partial charge in [-0.25, -0.2) is 9.97 Å². The molecule has 2 heterocycles. The Hall–Kier alpha value is -3.21. The molecule has 1 fully saturated rings. The van der Waals surface area contributed by atoms with Gasteiger partial charge in [0.25, 0.3) is 0 Å². The molecule has 1 aromatic heterocycles. The number of hydrogen-bond donors (Lipinski definition) is 1. The van der Waals surface area contributed by atoms with Crippen molar-refractivity contribution in [2.45, 2.75) is 33.2 Å². The zero-order valence-corrected chi connectivity index (χ0v) is 17.6. The second-order valence-corrected chi connectivity index (χ2v) is 8.03. The van der Waals surface area contributed by atoms with E-state index in [1.807, 2.05) is 30.3 Å². The summed E-state index contributed by atoms with van der Waals surface area (Å²) in [6.07, 6.45) is 3.69. The highest BCUT2D eigenvalue weighted by molar-refractivity contribution is 5.79. The Bertz CT molecular complexity index is 1020. The molecule has 1 amide bonds. The molecule has 0 radical (unpaired) electrons. The van der Waals surface area contributed by atoms with E-state index in [1.54, 1.807) is 6.20 Å². The van der Waals surface area contributed by atoms with Gasteiger partial charge in [0, 0.05) is 31.4 Å². The van der Waals surface area contributed by atoms with Crippen LogP contribution in [0.25, 0.3) is 11.4 Å². The van der Waals surface area contributed by atoms with E-state index >= 15 is 0 Å². The number of aryl methyl sites for hydroxylation is 2. The summed E-state index contributed by atoms with van der Waals surface area (Å²) in [7, 11) is 0. The van der Waals surface area contributed by atoms with Crippen molar-refractivity contribution in [2.75, 3.05) is 18.0 Å². The van der Waals surface area contributed by atoms with Crippen molar-refractivity contribution in [1.29, 1.82) is 0 Å². The summed E-state index contributed by atoms with van der Waals surface area (Å²) < 4.78 is 0. The monoisotopic (exact) mass is 400 g/mol. The van der Waals surface area contributed by atoms with Gasteiger partial charge in [-0.05, 0) is 43.9 Å². The Morgan fingerprint density at radius 1 is 1.10 bits per heavy atom. The third kappa shape index (κ3) is 4.67. The second kappa shape index (κ2) is 9.08. The maximum atomic E-state index is 12.8. The molecule has 1 saturated heterocycles. The van der Waals surface area contributed by atoms with Crippen molar-refractivity contribution in [1.82, 2.24) is 15.3 Å². The van der Waals surface area contributed by atoms with Crippen LogP contribution >= 0.6 is 0 Å². The number of carbonyl (C=O) groups excluding carboxylic acids is 1. The SMILES string of the molecule is Cc1ccc(-c2nccc(N3CCCC(C(=O)NCc4ccccc4C)C3)n2)cc1. The fourth-order valence-corrected chi connectivity index (χ4v) is 3.90. The maximum absolute atomic E-state index is 12.8. The van der Waals surface area contributed by atoms with E-state index in [-0.39, 0.29) is 11.8 Å². The summed E-state index contributed by atoms with van der Waals surface area (Å²) in [5.41, 5.74) is 4.59. The standard InChI is InChI=1S/C25H28N4O/c1-18-9-11-20(12-10-18)24-26-14-13-23(28-24)29-15-5-8-22(17-29)25(30)27-16-21-7-4-3-6-19(21)2/h3-4,6-7,9-14,22H,5,8,15-17H2,1-2H3,(H,27,30). The number of hydrogen-bond acceptors (Lipinski definition) is 4. The van der Waals surface area contributed by atoms with Crippen LogP contribution in [0.15, 0.2) is 60.8 Å². The summed E-state index contributed by atoms with van der Waals surface area (Å²) in [5.74, 6) is 1.70. The summed E-state index contributed by atoms with van der Waals surface area (Å²) in [5, 5.41) is 3.13. The molecule has 0 aliphatic carbocycles. The predicted molar refractivity (Wildman–Crippen MR) is 120 cm³/mol. The van der Waals surface area contributed by atoms with Gasteiger partial charge in [-0.1, -0.05) is 54.1 Å². The van der Waals surface area contributed by atoms with Crippen LogP contribution in [0.5, 0.6) is 0 Å². The molecule has 3 aromatic rings. The van der Waals surface area contributed by atoms with Crippen LogP contribution in [0.1, 0.15) is 29.5 Å². The lowest BCUT2D eigenvalue weighted by atomic mass is 9.97. The molecule has 5 nitrogen and oxygen atoms in total. The number of piperidine rings is 1. The number of amides is 1. The molecule has 1 aliphatic heterocycles. The highest BCUT2D eigenvalue weighted by atomic mass is 16.1. The van der Waals surface area contributed by atoms with Crippen molar-refractivity contribution in [3.05, 3.63) is 77.5 Å². The molecule has 2 aromatic carbocycles. The summed E-state index contributed by atoms with van der Waals surface area (Å²) in [4.78, 5) is 24.2. The molecule has 0 saturated carbocycles. The molecule has 0 bridgehead atoms. The van der Waals surface area contributed by atoms with Gasteiger partial charge in [0.1, 0.15) is 5.82 Å². The van der Waals surface area contributed by atoms with Crippen molar-refractivity contribution in [3.63, 3.8) is 0 Å². The fraction of sp³-hybridized carbons (Fsp3) is 0.320. The van der Waals surface area contributed by atoms with E-state index in [9.17, 15) is 4.79 Å². The molecule has 4 rings (SSSR count). The number of nitrogens with one attached hydrogen (secondary N) is 1. The number of anilines is 1. The third-order valence-electron chi connectivity index (χ3n) is 5.78. The number of rotatable bonds is 5. The van der Waals surface area contributed by atoms with Crippen molar-refractivity contribution < 1.29 is 4.79 Å². The molecular weight excluding hydrogens is 372 g/mol. The van der Waals surface area contributed by atoms with Crippen molar-refractivity contribution in [2.24, 2.45) is 5.92 Å². The van der Waals surface area contributed by atoms with Gasteiger partial charge >= 0.3 is 0 Å². The molecule has 154 valence electrons. The molecule has 30 heavy (non-hydrogen) atoms. The molecule has 1 aliphatic rings. The van der Waals surface area contributed by atoms with E-state index in [0.29, 0.717) is 13.1 Å². The zero-order chi connectivity index (χ0) is 20.9. The smallest absolute Gasteiger partial charge is 0.225 e. The topological polar surface area (TPSA) is 58.1 Å². The number of carbonyl (C=O) groups is 1. The lowest BCUT2D eigenvalue weighted by Gasteiger charge is -2.33. The van der Waals surface area contributed by atoms with Gasteiger partial charge in [0.2, 0.25) is 5.91 Å². The minimum Gasteiger partial charge on any atom is -0.356 e. The molecule has 1 N–H and O–H groups in total. The Kier molecular flexibility index (Phi) is 6.07. The van der Waals surface area contributed by atoms with Crippen LogP contribution in [-0.2, 0) is 11.3 Å². The van der Waals surface area contributed by atoms with Crippen LogP contribution in [0.4, 0.5) is 5.82 Å². The van der Waals surface area contributed by atoms with Crippen molar-refractivity contribution in [3.8, 4) is 11.4 Å². The minimum absolute atomic E-state index is 0.0273. The molecule has 1 unspecified atom stereocenters. The van der Waals surface area contributed by atoms with Gasteiger partial charge in [0.05, 0.1) is 5.92 Å². The first-order valence-corrected chi connectivity index (χ1v) is 10.6. The zero-order valence-electron chi connectivity index (χ0n) is 17.6. The van der Waals surface area contributed by atoms with Crippen molar-refractivity contribution >= 4 is 11.7 Å². The average molecular weight is 401 g/mol. The Morgan fingerprint density at radius 2 is 1.90 bits per heavy atom. The van der Waals surface area contributed by atoms with Gasteiger partial charge in [0.15, 0.2) is 5.82 Å². The number of benzene rings is 2. The summed E-state index contributed by atoms with van der Waals surface area (Å²) in [6.45, 7) is 6.31. The Balaban J connectivity index is 1.42. The predicted octanol–water partition coefficient (Wildman–Crippen LogP) is 4.29. The lowest BCUT2D eigenvalue weighted by molar-refractivity contribution is -0.125. The highest BCUT2D eigenvalue weighted by Crippen LogP contribution is 2.24. The van der Waals surface area contributed by atoms with Crippen LogP contribution in [0.2, 0.25) is 0 Å². The number of nitrogens with zero attached hydrogens (tertiary/aromatic N) is 3. The maximum Gasteiger partial charge on any atom is 0.225 e. The van der Waals surface area contributed by atoms with Crippen LogP contribution in [0, 0.1) is 19.8 Å².